The summed E-state index contributed by atoms with van der Waals surface area (Å²) in [6, 6.07) is 0.132. The minimum Gasteiger partial charge on any atom is -0.394 e. The van der Waals surface area contributed by atoms with E-state index in [1.54, 1.807) is 12.4 Å². The summed E-state index contributed by atoms with van der Waals surface area (Å²) in [7, 11) is 0. The summed E-state index contributed by atoms with van der Waals surface area (Å²) in [5.41, 5.74) is 0. The smallest absolute Gasteiger partial charge is 0.171 e. The predicted molar refractivity (Wildman–Crippen MR) is 59.1 cm³/mol. The van der Waals surface area contributed by atoms with Crippen molar-refractivity contribution in [2.45, 2.75) is 25.3 Å². The molecule has 0 saturated carbocycles. The summed E-state index contributed by atoms with van der Waals surface area (Å²) in [4.78, 5) is 10.3. The van der Waals surface area contributed by atoms with Gasteiger partial charge in [-0.1, -0.05) is 11.6 Å². The van der Waals surface area contributed by atoms with E-state index in [-0.39, 0.29) is 12.6 Å². The fourth-order valence-corrected chi connectivity index (χ4v) is 2.19. The molecule has 1 saturated heterocycles. The van der Waals surface area contributed by atoms with Crippen molar-refractivity contribution in [2.75, 3.05) is 18.1 Å². The van der Waals surface area contributed by atoms with Crippen LogP contribution in [0, 0.1) is 0 Å². The maximum absolute atomic E-state index is 9.28. The van der Waals surface area contributed by atoms with Gasteiger partial charge in [-0.15, -0.1) is 0 Å². The molecule has 0 spiro atoms. The molecule has 5 heteroatoms. The molecule has 0 bridgehead atoms. The van der Waals surface area contributed by atoms with Crippen LogP contribution >= 0.6 is 11.6 Å². The fourth-order valence-electron chi connectivity index (χ4n) is 1.98. The zero-order valence-corrected chi connectivity index (χ0v) is 9.19. The van der Waals surface area contributed by atoms with E-state index in [9.17, 15) is 5.11 Å². The maximum atomic E-state index is 9.28. The zero-order chi connectivity index (χ0) is 10.7. The standard InChI is InChI=1S/C10H14ClN3O/c11-9-10(13-5-4-12-9)14-6-2-1-3-8(14)7-15/h4-5,8,15H,1-3,6-7H2/t8-/m0/s1. The molecule has 1 fully saturated rings. The van der Waals surface area contributed by atoms with E-state index in [1.165, 1.54) is 0 Å². The lowest BCUT2D eigenvalue weighted by Crippen LogP contribution is -2.42. The Kier molecular flexibility index (Phi) is 3.38. The topological polar surface area (TPSA) is 49.2 Å². The summed E-state index contributed by atoms with van der Waals surface area (Å²) < 4.78 is 0. The van der Waals surface area contributed by atoms with Gasteiger partial charge in [-0.05, 0) is 19.3 Å². The number of halogens is 1. The second-order valence-corrected chi connectivity index (χ2v) is 4.05. The van der Waals surface area contributed by atoms with Gasteiger partial charge in [-0.25, -0.2) is 9.97 Å². The van der Waals surface area contributed by atoms with Gasteiger partial charge >= 0.3 is 0 Å². The fraction of sp³-hybridized carbons (Fsp3) is 0.600. The van der Waals surface area contributed by atoms with Crippen LogP contribution in [0.3, 0.4) is 0 Å². The van der Waals surface area contributed by atoms with Gasteiger partial charge in [0, 0.05) is 18.9 Å². The Bertz CT molecular complexity index is 334. The van der Waals surface area contributed by atoms with E-state index in [0.717, 1.165) is 25.8 Å². The third-order valence-corrected chi connectivity index (χ3v) is 3.01. The zero-order valence-electron chi connectivity index (χ0n) is 8.43. The average Bonchev–Trinajstić information content (AvgIpc) is 2.30. The number of aliphatic hydroxyl groups is 1. The normalized spacial score (nSPS) is 21.7. The summed E-state index contributed by atoms with van der Waals surface area (Å²) in [5.74, 6) is 0.693. The average molecular weight is 228 g/mol. The highest BCUT2D eigenvalue weighted by Gasteiger charge is 2.24. The van der Waals surface area contributed by atoms with Crippen molar-refractivity contribution in [2.24, 2.45) is 0 Å². The molecule has 0 radical (unpaired) electrons. The first-order valence-corrected chi connectivity index (χ1v) is 5.54. The van der Waals surface area contributed by atoms with E-state index in [4.69, 9.17) is 11.6 Å². The number of piperidine rings is 1. The molecule has 0 aromatic carbocycles. The first-order chi connectivity index (χ1) is 7.33. The first-order valence-electron chi connectivity index (χ1n) is 5.17. The minimum atomic E-state index is 0.132. The van der Waals surface area contributed by atoms with Crippen molar-refractivity contribution in [1.82, 2.24) is 9.97 Å². The SMILES string of the molecule is OC[C@@H]1CCCCN1c1nccnc1Cl. The summed E-state index contributed by atoms with van der Waals surface area (Å²) >= 11 is 5.98. The van der Waals surface area contributed by atoms with Crippen LogP contribution in [0.4, 0.5) is 5.82 Å². The van der Waals surface area contributed by atoms with Gasteiger partial charge in [-0.2, -0.15) is 0 Å². The molecule has 1 atom stereocenters. The number of aliphatic hydroxyl groups excluding tert-OH is 1. The van der Waals surface area contributed by atoms with E-state index < -0.39 is 0 Å². The van der Waals surface area contributed by atoms with Gasteiger partial charge in [0.1, 0.15) is 0 Å². The van der Waals surface area contributed by atoms with Crippen molar-refractivity contribution in [3.05, 3.63) is 17.5 Å². The van der Waals surface area contributed by atoms with Crippen molar-refractivity contribution >= 4 is 17.4 Å². The van der Waals surface area contributed by atoms with Crippen LogP contribution in [-0.2, 0) is 0 Å². The van der Waals surface area contributed by atoms with Gasteiger partial charge in [0.05, 0.1) is 12.6 Å². The molecule has 2 heterocycles. The third-order valence-electron chi connectivity index (χ3n) is 2.75. The number of hydrogen-bond acceptors (Lipinski definition) is 4. The molecule has 4 nitrogen and oxygen atoms in total. The van der Waals surface area contributed by atoms with Gasteiger partial charge < -0.3 is 10.0 Å². The van der Waals surface area contributed by atoms with Crippen LogP contribution in [0.2, 0.25) is 5.15 Å². The van der Waals surface area contributed by atoms with Crippen molar-refractivity contribution < 1.29 is 5.11 Å². The van der Waals surface area contributed by atoms with Crippen LogP contribution in [0.5, 0.6) is 0 Å². The summed E-state index contributed by atoms with van der Waals surface area (Å²) in [5, 5.41) is 9.70. The van der Waals surface area contributed by atoms with Crippen molar-refractivity contribution in [3.8, 4) is 0 Å². The number of hydrogen-bond donors (Lipinski definition) is 1. The maximum Gasteiger partial charge on any atom is 0.171 e. The molecule has 0 amide bonds. The Labute approximate surface area is 93.9 Å². The van der Waals surface area contributed by atoms with Crippen molar-refractivity contribution in [3.63, 3.8) is 0 Å². The van der Waals surface area contributed by atoms with Crippen LogP contribution in [0.1, 0.15) is 19.3 Å². The molecule has 1 aliphatic rings. The Morgan fingerprint density at radius 3 is 2.93 bits per heavy atom. The van der Waals surface area contributed by atoms with E-state index >= 15 is 0 Å². The van der Waals surface area contributed by atoms with Crippen LogP contribution < -0.4 is 4.90 Å². The van der Waals surface area contributed by atoms with Crippen molar-refractivity contribution in [1.29, 1.82) is 0 Å². The molecule has 1 N–H and O–H groups in total. The Hall–Kier alpha value is -0.870. The Morgan fingerprint density at radius 2 is 2.20 bits per heavy atom. The molecule has 15 heavy (non-hydrogen) atoms. The highest BCUT2D eigenvalue weighted by molar-refractivity contribution is 6.31. The molecule has 0 aliphatic carbocycles. The minimum absolute atomic E-state index is 0.132. The van der Waals surface area contributed by atoms with E-state index in [2.05, 4.69) is 14.9 Å². The number of anilines is 1. The lowest BCUT2D eigenvalue weighted by atomic mass is 10.0. The van der Waals surface area contributed by atoms with Crippen LogP contribution in [0.25, 0.3) is 0 Å². The summed E-state index contributed by atoms with van der Waals surface area (Å²) in [6.07, 6.45) is 6.46. The van der Waals surface area contributed by atoms with Gasteiger partial charge in [0.2, 0.25) is 0 Å². The Balaban J connectivity index is 2.24. The van der Waals surface area contributed by atoms with Gasteiger partial charge in [0.15, 0.2) is 11.0 Å². The third kappa shape index (κ3) is 2.21. The highest BCUT2D eigenvalue weighted by Crippen LogP contribution is 2.27. The van der Waals surface area contributed by atoms with Crippen LogP contribution in [0.15, 0.2) is 12.4 Å². The molecule has 1 aromatic heterocycles. The predicted octanol–water partition coefficient (Wildman–Crippen LogP) is 1.48. The first kappa shape index (κ1) is 10.6. The lowest BCUT2D eigenvalue weighted by molar-refractivity contribution is 0.239. The molecule has 0 unspecified atom stereocenters. The second kappa shape index (κ2) is 4.77. The highest BCUT2D eigenvalue weighted by atomic mass is 35.5. The molecule has 82 valence electrons. The lowest BCUT2D eigenvalue weighted by Gasteiger charge is -2.35. The molecule has 2 rings (SSSR count). The molecular formula is C10H14ClN3O. The van der Waals surface area contributed by atoms with Gasteiger partial charge in [0.25, 0.3) is 0 Å². The van der Waals surface area contributed by atoms with E-state index in [1.807, 2.05) is 0 Å². The monoisotopic (exact) mass is 227 g/mol. The second-order valence-electron chi connectivity index (χ2n) is 3.70. The summed E-state index contributed by atoms with van der Waals surface area (Å²) in [6.45, 7) is 1.04. The van der Waals surface area contributed by atoms with E-state index in [0.29, 0.717) is 11.0 Å². The largest absolute Gasteiger partial charge is 0.394 e. The quantitative estimate of drug-likeness (QED) is 0.832. The molecular weight excluding hydrogens is 214 g/mol. The number of rotatable bonds is 2. The molecule has 1 aliphatic heterocycles. The molecule has 1 aromatic rings. The van der Waals surface area contributed by atoms with Gasteiger partial charge in [-0.3, -0.25) is 0 Å². The number of nitrogens with zero attached hydrogens (tertiary/aromatic N) is 3. The van der Waals surface area contributed by atoms with Crippen LogP contribution in [-0.4, -0.2) is 34.3 Å². The Morgan fingerprint density at radius 1 is 1.40 bits per heavy atom. The number of aromatic nitrogens is 2.